The van der Waals surface area contributed by atoms with E-state index in [0.29, 0.717) is 11.8 Å². The number of hydrogen-bond donors (Lipinski definition) is 1. The largest absolute Gasteiger partial charge is 0.331 e. The van der Waals surface area contributed by atoms with Crippen LogP contribution < -0.4 is 5.32 Å². The minimum atomic E-state index is -3.20. The summed E-state index contributed by atoms with van der Waals surface area (Å²) in [6.07, 6.45) is 7.98. The molecule has 1 aromatic carbocycles. The maximum absolute atomic E-state index is 13.1. The molecule has 0 unspecified atom stereocenters. The van der Waals surface area contributed by atoms with Crippen LogP contribution in [0.1, 0.15) is 50.6 Å². The van der Waals surface area contributed by atoms with Crippen LogP contribution in [0.2, 0.25) is 0 Å². The van der Waals surface area contributed by atoms with Crippen LogP contribution in [0.25, 0.3) is 0 Å². The van der Waals surface area contributed by atoms with Crippen LogP contribution in [0.5, 0.6) is 0 Å². The topological polar surface area (TPSA) is 66.5 Å². The van der Waals surface area contributed by atoms with E-state index in [9.17, 15) is 13.2 Å². The first-order valence-electron chi connectivity index (χ1n) is 9.87. The molecule has 0 bridgehead atoms. The summed E-state index contributed by atoms with van der Waals surface area (Å²) < 4.78 is 22.9. The second-order valence-corrected chi connectivity index (χ2v) is 9.82. The lowest BCUT2D eigenvalue weighted by Gasteiger charge is -2.40. The highest BCUT2D eigenvalue weighted by atomic mass is 32.2. The molecule has 6 heteroatoms. The summed E-state index contributed by atoms with van der Waals surface area (Å²) in [5.74, 6) is 0.971. The summed E-state index contributed by atoms with van der Waals surface area (Å²) in [5.41, 5.74) is 1.17. The van der Waals surface area contributed by atoms with Gasteiger partial charge in [-0.3, -0.25) is 0 Å². The Morgan fingerprint density at radius 2 is 1.96 bits per heavy atom. The Kier molecular flexibility index (Phi) is 6.25. The quantitative estimate of drug-likeness (QED) is 0.801. The van der Waals surface area contributed by atoms with Crippen molar-refractivity contribution in [2.24, 2.45) is 11.8 Å². The number of amides is 2. The van der Waals surface area contributed by atoms with Crippen molar-refractivity contribution in [3.05, 3.63) is 47.4 Å². The summed E-state index contributed by atoms with van der Waals surface area (Å²) in [5, 5.41) is 4.31. The Morgan fingerprint density at radius 3 is 2.56 bits per heavy atom. The van der Waals surface area contributed by atoms with E-state index in [4.69, 9.17) is 0 Å². The van der Waals surface area contributed by atoms with Gasteiger partial charge in [0.15, 0.2) is 9.84 Å². The summed E-state index contributed by atoms with van der Waals surface area (Å²) in [4.78, 5) is 15.0. The number of benzene rings is 1. The fourth-order valence-electron chi connectivity index (χ4n) is 3.87. The van der Waals surface area contributed by atoms with Gasteiger partial charge >= 0.3 is 6.03 Å². The van der Waals surface area contributed by atoms with Crippen LogP contribution in [-0.4, -0.2) is 38.2 Å². The van der Waals surface area contributed by atoms with Crippen molar-refractivity contribution < 1.29 is 13.2 Å². The average molecular weight is 391 g/mol. The lowest BCUT2D eigenvalue weighted by atomic mass is 9.86. The third-order valence-corrected chi connectivity index (χ3v) is 6.34. The number of hydrogen-bond acceptors (Lipinski definition) is 3. The molecule has 1 aliphatic heterocycles. The highest BCUT2D eigenvalue weighted by molar-refractivity contribution is 7.93. The lowest BCUT2D eigenvalue weighted by molar-refractivity contribution is 0.124. The van der Waals surface area contributed by atoms with Crippen molar-refractivity contribution in [2.75, 3.05) is 12.8 Å². The number of rotatable bonds is 6. The van der Waals surface area contributed by atoms with Gasteiger partial charge < -0.3 is 10.2 Å². The van der Waals surface area contributed by atoms with E-state index in [-0.39, 0.29) is 18.1 Å². The summed E-state index contributed by atoms with van der Waals surface area (Å²) in [6.45, 7) is 2.94. The Balaban J connectivity index is 1.75. The van der Waals surface area contributed by atoms with Gasteiger partial charge in [0.2, 0.25) is 0 Å². The van der Waals surface area contributed by atoms with Crippen LogP contribution in [0.4, 0.5) is 4.79 Å². The fraction of sp³-hybridized carbons (Fsp3) is 0.571. The standard InChI is InChI=1S/C21H30N2O3S/c1-3-16-11-13-23(20(15-16)18-7-5-4-6-8-18)21(24)22-19(17-9-10-17)12-14-27(2,25)26/h4-8,12,14,16-17,19-20H,3,9-11,13,15H2,1-2H3,(H,22,24)/b14-12+/t16-,19-,20+/m1/s1. The van der Waals surface area contributed by atoms with Crippen LogP contribution in [0.3, 0.4) is 0 Å². The van der Waals surface area contributed by atoms with E-state index in [1.807, 2.05) is 23.1 Å². The number of sulfone groups is 1. The summed E-state index contributed by atoms with van der Waals surface area (Å²) >= 11 is 0. The smallest absolute Gasteiger partial charge is 0.318 e. The molecular formula is C21H30N2O3S. The predicted molar refractivity (Wildman–Crippen MR) is 108 cm³/mol. The van der Waals surface area contributed by atoms with Gasteiger partial charge in [-0.2, -0.15) is 0 Å². The Hall–Kier alpha value is -1.82. The molecule has 0 aromatic heterocycles. The summed E-state index contributed by atoms with van der Waals surface area (Å²) in [7, 11) is -3.20. The van der Waals surface area contributed by atoms with Crippen molar-refractivity contribution in [1.29, 1.82) is 0 Å². The molecule has 2 amide bonds. The zero-order chi connectivity index (χ0) is 19.4. The van der Waals surface area contributed by atoms with Crippen LogP contribution >= 0.6 is 0 Å². The second-order valence-electron chi connectivity index (χ2n) is 7.89. The molecule has 1 N–H and O–H groups in total. The monoisotopic (exact) mass is 390 g/mol. The van der Waals surface area contributed by atoms with Gasteiger partial charge in [0.25, 0.3) is 0 Å². The summed E-state index contributed by atoms with van der Waals surface area (Å²) in [6, 6.07) is 9.97. The van der Waals surface area contributed by atoms with E-state index < -0.39 is 9.84 Å². The molecule has 1 aliphatic carbocycles. The van der Waals surface area contributed by atoms with Gasteiger partial charge in [-0.1, -0.05) is 49.8 Å². The second kappa shape index (κ2) is 8.46. The molecule has 1 heterocycles. The zero-order valence-electron chi connectivity index (χ0n) is 16.2. The number of likely N-dealkylation sites (tertiary alicyclic amines) is 1. The lowest BCUT2D eigenvalue weighted by Crippen LogP contribution is -2.49. The maximum Gasteiger partial charge on any atom is 0.318 e. The van der Waals surface area contributed by atoms with Crippen LogP contribution in [0, 0.1) is 11.8 Å². The Bertz CT molecular complexity index is 772. The molecule has 1 saturated heterocycles. The number of nitrogens with one attached hydrogen (secondary N) is 1. The van der Waals surface area contributed by atoms with Gasteiger partial charge in [-0.05, 0) is 43.1 Å². The van der Waals surface area contributed by atoms with Crippen LogP contribution in [0.15, 0.2) is 41.8 Å². The molecular weight excluding hydrogens is 360 g/mol. The Morgan fingerprint density at radius 1 is 1.26 bits per heavy atom. The third kappa shape index (κ3) is 5.58. The normalized spacial score (nSPS) is 24.7. The minimum absolute atomic E-state index is 0.0728. The molecule has 3 atom stereocenters. The molecule has 27 heavy (non-hydrogen) atoms. The third-order valence-electron chi connectivity index (χ3n) is 5.69. The molecule has 1 saturated carbocycles. The number of nitrogens with zero attached hydrogens (tertiary/aromatic N) is 1. The molecule has 148 valence electrons. The fourth-order valence-corrected chi connectivity index (χ4v) is 4.33. The van der Waals surface area contributed by atoms with E-state index in [1.54, 1.807) is 6.08 Å². The number of urea groups is 1. The number of carbonyl (C=O) groups excluding carboxylic acids is 1. The molecule has 3 rings (SSSR count). The average Bonchev–Trinajstić information content (AvgIpc) is 3.49. The molecule has 1 aromatic rings. The zero-order valence-corrected chi connectivity index (χ0v) is 17.0. The van der Waals surface area contributed by atoms with Crippen molar-refractivity contribution in [1.82, 2.24) is 10.2 Å². The molecule has 5 nitrogen and oxygen atoms in total. The first-order chi connectivity index (χ1) is 12.9. The van der Waals surface area contributed by atoms with Crippen molar-refractivity contribution in [2.45, 2.75) is 51.1 Å². The van der Waals surface area contributed by atoms with Gasteiger partial charge in [0.05, 0.1) is 12.1 Å². The highest BCUT2D eigenvalue weighted by Crippen LogP contribution is 2.37. The van der Waals surface area contributed by atoms with Gasteiger partial charge in [0, 0.05) is 18.2 Å². The van der Waals surface area contributed by atoms with Crippen molar-refractivity contribution in [3.8, 4) is 0 Å². The van der Waals surface area contributed by atoms with Crippen LogP contribution in [-0.2, 0) is 9.84 Å². The van der Waals surface area contributed by atoms with E-state index in [1.165, 1.54) is 17.2 Å². The molecule has 0 spiro atoms. The minimum Gasteiger partial charge on any atom is -0.331 e. The van der Waals surface area contributed by atoms with E-state index in [0.717, 1.165) is 38.6 Å². The predicted octanol–water partition coefficient (Wildman–Crippen LogP) is 3.90. The SMILES string of the molecule is CC[C@@H]1CCN(C(=O)N[C@H](/C=C/S(C)(=O)=O)C2CC2)[C@H](c2ccccc2)C1. The molecule has 2 aliphatic rings. The highest BCUT2D eigenvalue weighted by Gasteiger charge is 2.35. The van der Waals surface area contributed by atoms with E-state index in [2.05, 4.69) is 24.4 Å². The number of carbonyl (C=O) groups is 1. The maximum atomic E-state index is 13.1. The first-order valence-corrected chi connectivity index (χ1v) is 11.8. The van der Waals surface area contributed by atoms with Gasteiger partial charge in [-0.25, -0.2) is 13.2 Å². The van der Waals surface area contributed by atoms with Crippen molar-refractivity contribution >= 4 is 15.9 Å². The van der Waals surface area contributed by atoms with Gasteiger partial charge in [0.1, 0.15) is 0 Å². The first kappa shape index (κ1) is 19.9. The Labute approximate surface area is 162 Å². The van der Waals surface area contributed by atoms with Crippen molar-refractivity contribution in [3.63, 3.8) is 0 Å². The van der Waals surface area contributed by atoms with Gasteiger partial charge in [-0.15, -0.1) is 0 Å². The number of piperidine rings is 1. The molecule has 2 fully saturated rings. The molecule has 0 radical (unpaired) electrons. The van der Waals surface area contributed by atoms with E-state index >= 15 is 0 Å².